The molecule has 138 valence electrons. The van der Waals surface area contributed by atoms with E-state index in [0.29, 0.717) is 10.9 Å². The normalized spacial score (nSPS) is 18.1. The fourth-order valence-electron chi connectivity index (χ4n) is 2.80. The van der Waals surface area contributed by atoms with Gasteiger partial charge in [-0.05, 0) is 38.2 Å². The van der Waals surface area contributed by atoms with E-state index in [0.717, 1.165) is 30.4 Å². The Morgan fingerprint density at radius 2 is 2.15 bits per heavy atom. The Morgan fingerprint density at radius 3 is 2.92 bits per heavy atom. The molecule has 2 aromatic heterocycles. The highest BCUT2D eigenvalue weighted by Crippen LogP contribution is 2.26. The maximum absolute atomic E-state index is 12.2. The van der Waals surface area contributed by atoms with E-state index < -0.39 is 0 Å². The predicted octanol–water partition coefficient (Wildman–Crippen LogP) is 1.53. The van der Waals surface area contributed by atoms with Crippen molar-refractivity contribution in [2.75, 3.05) is 18.8 Å². The summed E-state index contributed by atoms with van der Waals surface area (Å²) in [6.07, 6.45) is 11.7. The summed E-state index contributed by atoms with van der Waals surface area (Å²) < 4.78 is 9.37. The van der Waals surface area contributed by atoms with Crippen molar-refractivity contribution in [1.29, 1.82) is 0 Å². The second-order valence-corrected chi connectivity index (χ2v) is 7.87. The zero-order chi connectivity index (χ0) is 18.5. The summed E-state index contributed by atoms with van der Waals surface area (Å²) in [5.41, 5.74) is 0.233. The number of allylic oxidation sites excluding steroid dienone is 2. The smallest absolute Gasteiger partial charge is 0.361 e. The number of rotatable bonds is 5. The first-order valence-corrected chi connectivity index (χ1v) is 10.6. The summed E-state index contributed by atoms with van der Waals surface area (Å²) in [6, 6.07) is 0. The molecule has 0 amide bonds. The van der Waals surface area contributed by atoms with Gasteiger partial charge in [-0.2, -0.15) is 4.57 Å². The lowest BCUT2D eigenvalue weighted by Crippen LogP contribution is -2.31. The zero-order valence-corrected chi connectivity index (χ0v) is 17.0. The minimum atomic E-state index is -0.310. The molecule has 3 heterocycles. The van der Waals surface area contributed by atoms with Gasteiger partial charge in [-0.1, -0.05) is 11.3 Å². The van der Waals surface area contributed by atoms with Gasteiger partial charge < -0.3 is 13.9 Å². The monoisotopic (exact) mass is 390 g/mol. The van der Waals surface area contributed by atoms with Crippen LogP contribution < -0.4 is 21.1 Å². The highest BCUT2D eigenvalue weighted by molar-refractivity contribution is 8.03. The molecule has 5 nitrogen and oxygen atoms in total. The molecule has 3 rings (SSSR count). The highest BCUT2D eigenvalue weighted by atomic mass is 32.2. The molecule has 7 heteroatoms. The van der Waals surface area contributed by atoms with Crippen LogP contribution in [0.15, 0.2) is 38.0 Å². The molecule has 1 saturated heterocycles. The first-order valence-electron chi connectivity index (χ1n) is 8.75. The van der Waals surface area contributed by atoms with Crippen molar-refractivity contribution in [3.8, 4) is 0 Å². The predicted molar refractivity (Wildman–Crippen MR) is 109 cm³/mol. The van der Waals surface area contributed by atoms with Crippen molar-refractivity contribution in [3.05, 3.63) is 55.1 Å². The second kappa shape index (κ2) is 8.60. The second-order valence-electron chi connectivity index (χ2n) is 5.82. The molecule has 2 aromatic rings. The van der Waals surface area contributed by atoms with Gasteiger partial charge in [-0.15, -0.1) is 11.8 Å². The third-order valence-electron chi connectivity index (χ3n) is 4.32. The lowest BCUT2D eigenvalue weighted by Gasteiger charge is -2.14. The van der Waals surface area contributed by atoms with Crippen LogP contribution in [0.2, 0.25) is 0 Å². The minimum absolute atomic E-state index is 0.310. The molecule has 0 unspecified atom stereocenters. The first-order chi connectivity index (χ1) is 12.6. The lowest BCUT2D eigenvalue weighted by molar-refractivity contribution is -0.690. The Morgan fingerprint density at radius 1 is 1.31 bits per heavy atom. The Labute approximate surface area is 161 Å². The van der Waals surface area contributed by atoms with E-state index in [1.54, 1.807) is 15.9 Å². The van der Waals surface area contributed by atoms with E-state index in [1.165, 1.54) is 5.03 Å². The van der Waals surface area contributed by atoms with Gasteiger partial charge in [0.05, 0.1) is 10.4 Å². The molecule has 0 bridgehead atoms. The van der Waals surface area contributed by atoms with Crippen LogP contribution >= 0.6 is 23.1 Å². The van der Waals surface area contributed by atoms with E-state index in [4.69, 9.17) is 4.42 Å². The van der Waals surface area contributed by atoms with Gasteiger partial charge in [-0.3, -0.25) is 0 Å². The molecular formula is C19H24N3O2S2+. The van der Waals surface area contributed by atoms with Crippen LogP contribution in [0.25, 0.3) is 18.2 Å². The number of hydrogen-bond donors (Lipinski definition) is 0. The molecule has 1 aliphatic heterocycles. The standard InChI is InChI=1S/C19H24N3O2S2/c1-4-21-11-13-25-17(21)8-6-7-16-20(3)15(19(23)24-16)9-10-18-22(5-2)12-14-26-18/h6-11,13H,4-5,12,14H2,1-3H3/q+1/b15-9+,18-10+. The van der Waals surface area contributed by atoms with Crippen molar-refractivity contribution in [3.63, 3.8) is 0 Å². The first kappa shape index (κ1) is 18.8. The molecule has 1 fully saturated rings. The summed E-state index contributed by atoms with van der Waals surface area (Å²) in [7, 11) is 1.85. The molecule has 0 N–H and O–H groups in total. The molecular weight excluding hydrogens is 366 g/mol. The van der Waals surface area contributed by atoms with Crippen molar-refractivity contribution in [2.24, 2.45) is 7.05 Å². The molecule has 26 heavy (non-hydrogen) atoms. The number of thiazole rings is 1. The Bertz CT molecular complexity index is 995. The molecule has 0 aromatic carbocycles. The summed E-state index contributed by atoms with van der Waals surface area (Å²) in [5, 5.41) is 4.99. The van der Waals surface area contributed by atoms with Crippen LogP contribution in [0.4, 0.5) is 0 Å². The van der Waals surface area contributed by atoms with E-state index in [-0.39, 0.29) is 5.63 Å². The van der Waals surface area contributed by atoms with Gasteiger partial charge in [0.15, 0.2) is 6.20 Å². The minimum Gasteiger partial charge on any atom is -0.405 e. The van der Waals surface area contributed by atoms with Crippen molar-refractivity contribution >= 4 is 41.3 Å². The third kappa shape index (κ3) is 4.04. The van der Waals surface area contributed by atoms with Crippen LogP contribution in [-0.4, -0.2) is 28.3 Å². The molecule has 0 spiro atoms. The van der Waals surface area contributed by atoms with E-state index in [9.17, 15) is 4.79 Å². The molecule has 0 saturated carbocycles. The van der Waals surface area contributed by atoms with E-state index in [2.05, 4.69) is 34.9 Å². The Hall–Kier alpha value is -1.99. The maximum atomic E-state index is 12.2. The Kier molecular flexibility index (Phi) is 6.21. The van der Waals surface area contributed by atoms with Gasteiger partial charge in [-0.25, -0.2) is 4.79 Å². The van der Waals surface area contributed by atoms with Gasteiger partial charge >= 0.3 is 5.63 Å². The molecule has 0 aliphatic carbocycles. The quantitative estimate of drug-likeness (QED) is 0.727. The third-order valence-corrected chi connectivity index (χ3v) is 6.26. The van der Waals surface area contributed by atoms with Gasteiger partial charge in [0.2, 0.25) is 5.55 Å². The number of oxazole rings is 1. The summed E-state index contributed by atoms with van der Waals surface area (Å²) >= 11 is 3.50. The van der Waals surface area contributed by atoms with Gasteiger partial charge in [0.1, 0.15) is 11.9 Å². The van der Waals surface area contributed by atoms with Crippen molar-refractivity contribution < 1.29 is 8.98 Å². The summed E-state index contributed by atoms with van der Waals surface area (Å²) in [6.45, 7) is 7.24. The fraction of sp³-hybridized carbons (Fsp3) is 0.368. The average molecular weight is 391 g/mol. The number of thioether (sulfide) groups is 1. The maximum Gasteiger partial charge on any atom is 0.361 e. The fourth-order valence-corrected chi connectivity index (χ4v) is 4.72. The largest absolute Gasteiger partial charge is 0.405 e. The number of nitrogens with zero attached hydrogens (tertiary/aromatic N) is 3. The number of aryl methyl sites for hydroxylation is 1. The molecule has 1 aliphatic rings. The molecule has 0 radical (unpaired) electrons. The zero-order valence-electron chi connectivity index (χ0n) is 15.3. The van der Waals surface area contributed by atoms with Crippen molar-refractivity contribution in [2.45, 2.75) is 20.4 Å². The van der Waals surface area contributed by atoms with Crippen LogP contribution in [-0.2, 0) is 13.6 Å². The summed E-state index contributed by atoms with van der Waals surface area (Å²) in [4.78, 5) is 14.5. The van der Waals surface area contributed by atoms with Crippen molar-refractivity contribution in [1.82, 2.24) is 9.47 Å². The van der Waals surface area contributed by atoms with Crippen LogP contribution in [0.5, 0.6) is 0 Å². The van der Waals surface area contributed by atoms with Crippen LogP contribution in [0.1, 0.15) is 18.9 Å². The number of aromatic nitrogens is 2. The van der Waals surface area contributed by atoms with E-state index >= 15 is 0 Å². The van der Waals surface area contributed by atoms with Crippen LogP contribution in [0.3, 0.4) is 0 Å². The lowest BCUT2D eigenvalue weighted by atomic mass is 10.4. The SMILES string of the molecule is CCN1CCS/C1=C/C=c1\c(=O)o/c(=C\C=C\c2scc[n+]2CC)n1C. The van der Waals surface area contributed by atoms with Gasteiger partial charge in [0.25, 0.3) is 5.01 Å². The van der Waals surface area contributed by atoms with Crippen LogP contribution in [0, 0.1) is 0 Å². The topological polar surface area (TPSA) is 42.3 Å². The van der Waals surface area contributed by atoms with Gasteiger partial charge in [0, 0.05) is 32.0 Å². The van der Waals surface area contributed by atoms with E-state index in [1.807, 2.05) is 49.2 Å². The average Bonchev–Trinajstić information content (AvgIpc) is 3.34. The molecule has 0 atom stereocenters. The summed E-state index contributed by atoms with van der Waals surface area (Å²) in [5.74, 6) is 1.10. The number of hydrogen-bond acceptors (Lipinski definition) is 5. The Balaban J connectivity index is 1.90. The highest BCUT2D eigenvalue weighted by Gasteiger charge is 2.14.